The molecule has 148 valence electrons. The number of hydrogen-bond acceptors (Lipinski definition) is 3. The van der Waals surface area contributed by atoms with Crippen LogP contribution in [0.3, 0.4) is 0 Å². The molecule has 8 heteroatoms. The van der Waals surface area contributed by atoms with Crippen molar-refractivity contribution in [2.75, 3.05) is 27.2 Å². The van der Waals surface area contributed by atoms with Gasteiger partial charge in [0.05, 0.1) is 11.3 Å². The summed E-state index contributed by atoms with van der Waals surface area (Å²) in [6.45, 7) is 0.938. The van der Waals surface area contributed by atoms with Gasteiger partial charge in [-0.05, 0) is 31.3 Å². The van der Waals surface area contributed by atoms with Crippen molar-refractivity contribution in [2.45, 2.75) is 18.5 Å². The second kappa shape index (κ2) is 8.86. The molecule has 0 spiro atoms. The zero-order valence-corrected chi connectivity index (χ0v) is 16.1. The van der Waals surface area contributed by atoms with Gasteiger partial charge in [-0.1, -0.05) is 48.5 Å². The quantitative estimate of drug-likeness (QED) is 0.680. The van der Waals surface area contributed by atoms with Crippen LogP contribution in [0.25, 0.3) is 0 Å². The summed E-state index contributed by atoms with van der Waals surface area (Å²) < 4.78 is 65.8. The lowest BCUT2D eigenvalue weighted by Crippen LogP contribution is -2.37. The van der Waals surface area contributed by atoms with Gasteiger partial charge >= 0.3 is 6.18 Å². The third-order valence-corrected chi connectivity index (χ3v) is 5.79. The van der Waals surface area contributed by atoms with E-state index >= 15 is 0 Å². The molecule has 0 atom stereocenters. The first kappa shape index (κ1) is 21.4. The topological polar surface area (TPSA) is 40.6 Å². The Bertz CT molecular complexity index is 838. The number of likely N-dealkylation sites (N-methyl/N-ethyl adjacent to an activating group) is 1. The summed E-state index contributed by atoms with van der Waals surface area (Å²) >= 11 is 0. The molecule has 0 N–H and O–H groups in total. The highest BCUT2D eigenvalue weighted by atomic mass is 32.2. The van der Waals surface area contributed by atoms with Gasteiger partial charge in [0.15, 0.2) is 0 Å². The molecule has 0 aliphatic rings. The Labute approximate surface area is 158 Å². The molecule has 2 aromatic rings. The third-order valence-electron chi connectivity index (χ3n) is 4.00. The maximum atomic E-state index is 12.9. The number of benzene rings is 2. The lowest BCUT2D eigenvalue weighted by atomic mass is 10.1. The van der Waals surface area contributed by atoms with Gasteiger partial charge in [0.1, 0.15) is 0 Å². The number of rotatable bonds is 8. The van der Waals surface area contributed by atoms with Crippen molar-refractivity contribution in [1.82, 2.24) is 9.21 Å². The molecule has 0 saturated heterocycles. The molecule has 27 heavy (non-hydrogen) atoms. The number of alkyl halides is 3. The summed E-state index contributed by atoms with van der Waals surface area (Å²) in [6, 6.07) is 13.6. The molecule has 0 aliphatic heterocycles. The minimum absolute atomic E-state index is 0.118. The average molecular weight is 400 g/mol. The molecule has 2 aromatic carbocycles. The number of hydrogen-bond donors (Lipinski definition) is 0. The molecule has 0 heterocycles. The minimum Gasteiger partial charge on any atom is -0.308 e. The van der Waals surface area contributed by atoms with Crippen LogP contribution in [0, 0.1) is 0 Å². The molecule has 0 amide bonds. The van der Waals surface area contributed by atoms with E-state index in [4.69, 9.17) is 0 Å². The molecule has 4 nitrogen and oxygen atoms in total. The molecule has 2 rings (SSSR count). The fourth-order valence-corrected chi connectivity index (χ4v) is 4.04. The van der Waals surface area contributed by atoms with Crippen molar-refractivity contribution in [3.63, 3.8) is 0 Å². The smallest absolute Gasteiger partial charge is 0.308 e. The van der Waals surface area contributed by atoms with Gasteiger partial charge in [-0.15, -0.1) is 0 Å². The van der Waals surface area contributed by atoms with E-state index in [1.54, 1.807) is 0 Å². The molecular weight excluding hydrogens is 377 g/mol. The number of halogens is 3. The van der Waals surface area contributed by atoms with Gasteiger partial charge < -0.3 is 4.90 Å². The average Bonchev–Trinajstić information content (AvgIpc) is 2.58. The fourth-order valence-electron chi connectivity index (χ4n) is 2.55. The standard InChI is InChI=1S/C19H23F3N2O2S/c1-23(2)11-12-24(14-16-7-4-3-5-8-16)27(25,26)15-17-9-6-10-18(13-17)19(20,21)22/h3-10,13H,11-12,14-15H2,1-2H3. The molecule has 0 aliphatic carbocycles. The van der Waals surface area contributed by atoms with E-state index in [2.05, 4.69) is 0 Å². The van der Waals surface area contributed by atoms with Crippen LogP contribution in [0.1, 0.15) is 16.7 Å². The van der Waals surface area contributed by atoms with Gasteiger partial charge in [0.2, 0.25) is 10.0 Å². The van der Waals surface area contributed by atoms with E-state index in [9.17, 15) is 21.6 Å². The predicted octanol–water partition coefficient (Wildman–Crippen LogP) is 3.60. The highest BCUT2D eigenvalue weighted by Gasteiger charge is 2.31. The van der Waals surface area contributed by atoms with Crippen molar-refractivity contribution in [2.24, 2.45) is 0 Å². The Morgan fingerprint density at radius 1 is 0.889 bits per heavy atom. The molecular formula is C19H23F3N2O2S. The number of sulfonamides is 1. The third kappa shape index (κ3) is 6.64. The summed E-state index contributed by atoms with van der Waals surface area (Å²) in [4.78, 5) is 1.86. The molecule has 0 aromatic heterocycles. The van der Waals surface area contributed by atoms with Crippen LogP contribution >= 0.6 is 0 Å². The molecule has 0 fully saturated rings. The molecule has 0 bridgehead atoms. The predicted molar refractivity (Wildman–Crippen MR) is 99.5 cm³/mol. The molecule has 0 saturated carbocycles. The van der Waals surface area contributed by atoms with Gasteiger partial charge in [-0.25, -0.2) is 8.42 Å². The zero-order valence-electron chi connectivity index (χ0n) is 15.3. The SMILES string of the molecule is CN(C)CCN(Cc1ccccc1)S(=O)(=O)Cc1cccc(C(F)(F)F)c1. The van der Waals surface area contributed by atoms with Gasteiger partial charge in [-0.2, -0.15) is 17.5 Å². The first-order valence-corrected chi connectivity index (χ1v) is 10.0. The van der Waals surface area contributed by atoms with Crippen LogP contribution in [-0.4, -0.2) is 44.8 Å². The lowest BCUT2D eigenvalue weighted by Gasteiger charge is -2.24. The van der Waals surface area contributed by atoms with Crippen LogP contribution < -0.4 is 0 Å². The van der Waals surface area contributed by atoms with E-state index in [0.717, 1.165) is 17.7 Å². The van der Waals surface area contributed by atoms with Crippen LogP contribution in [0.4, 0.5) is 13.2 Å². The minimum atomic E-state index is -4.51. The summed E-state index contributed by atoms with van der Waals surface area (Å²) in [7, 11) is -0.125. The van der Waals surface area contributed by atoms with Gasteiger partial charge in [-0.3, -0.25) is 0 Å². The van der Waals surface area contributed by atoms with Crippen molar-refractivity contribution in [3.8, 4) is 0 Å². The second-order valence-corrected chi connectivity index (χ2v) is 8.55. The summed E-state index contributed by atoms with van der Waals surface area (Å²) in [6.07, 6.45) is -4.51. The Morgan fingerprint density at radius 3 is 2.11 bits per heavy atom. The molecule has 0 radical (unpaired) electrons. The Balaban J connectivity index is 2.24. The Kier molecular flexibility index (Phi) is 7.02. The van der Waals surface area contributed by atoms with Gasteiger partial charge in [0.25, 0.3) is 0 Å². The van der Waals surface area contributed by atoms with Crippen LogP contribution in [-0.2, 0) is 28.5 Å². The lowest BCUT2D eigenvalue weighted by molar-refractivity contribution is -0.137. The van der Waals surface area contributed by atoms with E-state index < -0.39 is 27.5 Å². The maximum Gasteiger partial charge on any atom is 0.416 e. The zero-order chi connectivity index (χ0) is 20.1. The largest absolute Gasteiger partial charge is 0.416 e. The highest BCUT2D eigenvalue weighted by molar-refractivity contribution is 7.88. The summed E-state index contributed by atoms with van der Waals surface area (Å²) in [5.41, 5.74) is 0.0923. The van der Waals surface area contributed by atoms with Crippen LogP contribution in [0.15, 0.2) is 54.6 Å². The van der Waals surface area contributed by atoms with Crippen molar-refractivity contribution >= 4 is 10.0 Å². The normalized spacial score (nSPS) is 12.7. The van der Waals surface area contributed by atoms with E-state index in [0.29, 0.717) is 6.54 Å². The summed E-state index contributed by atoms with van der Waals surface area (Å²) in [5, 5.41) is 0. The monoisotopic (exact) mass is 400 g/mol. The van der Waals surface area contributed by atoms with Crippen molar-refractivity contribution in [1.29, 1.82) is 0 Å². The maximum absolute atomic E-state index is 12.9. The van der Waals surface area contributed by atoms with Crippen molar-refractivity contribution in [3.05, 3.63) is 71.3 Å². The number of nitrogens with zero attached hydrogens (tertiary/aromatic N) is 2. The summed E-state index contributed by atoms with van der Waals surface area (Å²) in [5.74, 6) is -0.475. The van der Waals surface area contributed by atoms with E-state index in [-0.39, 0.29) is 18.7 Å². The van der Waals surface area contributed by atoms with Crippen molar-refractivity contribution < 1.29 is 21.6 Å². The van der Waals surface area contributed by atoms with E-state index in [1.165, 1.54) is 16.4 Å². The fraction of sp³-hybridized carbons (Fsp3) is 0.368. The first-order valence-electron chi connectivity index (χ1n) is 8.40. The molecule has 0 unspecified atom stereocenters. The second-order valence-electron chi connectivity index (χ2n) is 6.58. The van der Waals surface area contributed by atoms with E-state index in [1.807, 2.05) is 49.3 Å². The van der Waals surface area contributed by atoms with Gasteiger partial charge in [0, 0.05) is 19.6 Å². The Hall–Kier alpha value is -1.90. The first-order chi connectivity index (χ1) is 12.6. The Morgan fingerprint density at radius 2 is 1.52 bits per heavy atom. The highest BCUT2D eigenvalue weighted by Crippen LogP contribution is 2.30. The van der Waals surface area contributed by atoms with Crippen LogP contribution in [0.2, 0.25) is 0 Å². The van der Waals surface area contributed by atoms with Crippen LogP contribution in [0.5, 0.6) is 0 Å².